The van der Waals surface area contributed by atoms with Gasteiger partial charge in [0.2, 0.25) is 0 Å². The number of aliphatic hydroxyl groups excluding tert-OH is 2. The van der Waals surface area contributed by atoms with Crippen LogP contribution in [-0.2, 0) is 21.2 Å². The van der Waals surface area contributed by atoms with Crippen LogP contribution < -0.4 is 0 Å². The van der Waals surface area contributed by atoms with Gasteiger partial charge in [0.15, 0.2) is 16.6 Å². The molecule has 0 saturated carbocycles. The topological polar surface area (TPSA) is 86.6 Å². The molecule has 1 atom stereocenters. The summed E-state index contributed by atoms with van der Waals surface area (Å²) >= 11 is 0. The van der Waals surface area contributed by atoms with Crippen molar-refractivity contribution in [2.24, 2.45) is 0 Å². The molecule has 0 radical (unpaired) electrons. The Bertz CT molecular complexity index is 448. The van der Waals surface area contributed by atoms with E-state index in [0.717, 1.165) is 12.5 Å². The molecule has 1 unspecified atom stereocenters. The summed E-state index contributed by atoms with van der Waals surface area (Å²) in [7, 11) is -10.8. The van der Waals surface area contributed by atoms with E-state index in [-0.39, 0.29) is 13.2 Å². The standard InChI is InChI=1S/C17H46O7Si5/c1-25(2,3)21-27(7,8)23-29(11,14-12-13-20-16-17(19)15-18)24-28(9,10)22-26(4,5)6/h17-19H,12-16H2,1-11H3. The van der Waals surface area contributed by atoms with Crippen LogP contribution in [0.25, 0.3) is 0 Å². The van der Waals surface area contributed by atoms with Crippen LogP contribution >= 0.6 is 0 Å². The van der Waals surface area contributed by atoms with E-state index in [2.05, 4.69) is 72.0 Å². The zero-order chi connectivity index (χ0) is 23.1. The molecule has 0 aliphatic carbocycles. The average Bonchev–Trinajstić information content (AvgIpc) is 2.39. The predicted molar refractivity (Wildman–Crippen MR) is 131 cm³/mol. The fourth-order valence-corrected chi connectivity index (χ4v) is 26.8. The van der Waals surface area contributed by atoms with Crippen molar-refractivity contribution in [2.45, 2.75) is 90.6 Å². The van der Waals surface area contributed by atoms with Crippen molar-refractivity contribution in [3.05, 3.63) is 0 Å². The minimum atomic E-state index is -2.58. The van der Waals surface area contributed by atoms with E-state index in [9.17, 15) is 5.11 Å². The van der Waals surface area contributed by atoms with Crippen LogP contribution in [0.15, 0.2) is 0 Å². The lowest BCUT2D eigenvalue weighted by Crippen LogP contribution is -2.59. The molecule has 0 aromatic rings. The summed E-state index contributed by atoms with van der Waals surface area (Å²) in [5.74, 6) is 0. The van der Waals surface area contributed by atoms with Gasteiger partial charge in [-0.1, -0.05) is 0 Å². The number of hydrogen-bond donors (Lipinski definition) is 2. The van der Waals surface area contributed by atoms with Gasteiger partial charge in [-0.2, -0.15) is 0 Å². The van der Waals surface area contributed by atoms with Crippen molar-refractivity contribution >= 4 is 42.3 Å². The summed E-state index contributed by atoms with van der Waals surface area (Å²) in [6.45, 7) is 23.9. The molecule has 0 aromatic carbocycles. The maximum atomic E-state index is 9.41. The van der Waals surface area contributed by atoms with Gasteiger partial charge in [-0.3, -0.25) is 0 Å². The van der Waals surface area contributed by atoms with E-state index in [4.69, 9.17) is 26.3 Å². The molecule has 176 valence electrons. The third kappa shape index (κ3) is 16.1. The number of rotatable bonds is 15. The predicted octanol–water partition coefficient (Wildman–Crippen LogP) is 3.96. The molecule has 12 heteroatoms. The Balaban J connectivity index is 5.20. The van der Waals surface area contributed by atoms with Crippen molar-refractivity contribution in [3.8, 4) is 0 Å². The van der Waals surface area contributed by atoms with Crippen molar-refractivity contribution in [1.82, 2.24) is 0 Å². The Morgan fingerprint density at radius 3 is 1.45 bits per heavy atom. The first-order valence-electron chi connectivity index (χ1n) is 10.5. The molecule has 2 N–H and O–H groups in total. The summed E-state index contributed by atoms with van der Waals surface area (Å²) in [6.07, 6.45) is -0.0745. The van der Waals surface area contributed by atoms with Gasteiger partial charge in [0.25, 0.3) is 0 Å². The van der Waals surface area contributed by atoms with E-state index < -0.39 is 48.4 Å². The van der Waals surface area contributed by atoms with Gasteiger partial charge >= 0.3 is 25.7 Å². The fourth-order valence-electron chi connectivity index (χ4n) is 3.45. The van der Waals surface area contributed by atoms with Gasteiger partial charge in [-0.05, 0) is 84.5 Å². The van der Waals surface area contributed by atoms with E-state index >= 15 is 0 Å². The van der Waals surface area contributed by atoms with Crippen molar-refractivity contribution < 1.29 is 31.4 Å². The third-order valence-electron chi connectivity index (χ3n) is 3.47. The van der Waals surface area contributed by atoms with Crippen molar-refractivity contribution in [1.29, 1.82) is 0 Å². The second-order valence-electron chi connectivity index (χ2n) is 10.6. The minimum absolute atomic E-state index is 0.133. The lowest BCUT2D eigenvalue weighted by atomic mass is 10.4. The zero-order valence-corrected chi connectivity index (χ0v) is 25.5. The molecule has 0 spiro atoms. The lowest BCUT2D eigenvalue weighted by Gasteiger charge is -2.43. The van der Waals surface area contributed by atoms with Gasteiger partial charge in [-0.15, -0.1) is 0 Å². The summed E-state index contributed by atoms with van der Waals surface area (Å²) in [5, 5.41) is 18.3. The van der Waals surface area contributed by atoms with E-state index in [1.807, 2.05) is 0 Å². The molecule has 0 bridgehead atoms. The Kier molecular flexibility index (Phi) is 11.9. The van der Waals surface area contributed by atoms with Crippen LogP contribution in [0.1, 0.15) is 6.42 Å². The summed E-state index contributed by atoms with van der Waals surface area (Å²) in [5.41, 5.74) is 0. The number of hydrogen-bond acceptors (Lipinski definition) is 7. The molecular formula is C17H46O7Si5. The van der Waals surface area contributed by atoms with E-state index in [1.165, 1.54) is 0 Å². The average molecular weight is 503 g/mol. The second-order valence-corrected chi connectivity index (χ2v) is 30.7. The maximum absolute atomic E-state index is 9.41. The van der Waals surface area contributed by atoms with Crippen LogP contribution in [0.5, 0.6) is 0 Å². The molecule has 0 saturated heterocycles. The van der Waals surface area contributed by atoms with Crippen LogP contribution in [0, 0.1) is 0 Å². The van der Waals surface area contributed by atoms with Crippen LogP contribution in [0.3, 0.4) is 0 Å². The first kappa shape index (κ1) is 29.8. The van der Waals surface area contributed by atoms with Gasteiger partial charge in [0.05, 0.1) is 13.2 Å². The largest absolute Gasteiger partial charge is 0.437 e. The maximum Gasteiger partial charge on any atom is 0.317 e. The number of ether oxygens (including phenoxy) is 1. The van der Waals surface area contributed by atoms with Gasteiger partial charge in [-0.25, -0.2) is 0 Å². The van der Waals surface area contributed by atoms with Crippen molar-refractivity contribution in [2.75, 3.05) is 19.8 Å². The summed E-state index contributed by atoms with van der Waals surface area (Å²) in [6, 6.07) is 0.763. The fraction of sp³-hybridized carbons (Fsp3) is 1.00. The molecule has 29 heavy (non-hydrogen) atoms. The highest BCUT2D eigenvalue weighted by molar-refractivity contribution is 6.90. The molecule has 0 rings (SSSR count). The highest BCUT2D eigenvalue weighted by atomic mass is 28.5. The molecule has 0 aromatic heterocycles. The quantitative estimate of drug-likeness (QED) is 0.259. The van der Waals surface area contributed by atoms with Crippen molar-refractivity contribution in [3.63, 3.8) is 0 Å². The molecule has 0 heterocycles. The normalized spacial score (nSPS) is 15.6. The second kappa shape index (κ2) is 11.6. The molecular weight excluding hydrogens is 457 g/mol. The van der Waals surface area contributed by atoms with Crippen LogP contribution in [0.2, 0.25) is 78.1 Å². The van der Waals surface area contributed by atoms with Gasteiger partial charge in [0, 0.05) is 6.61 Å². The van der Waals surface area contributed by atoms with Gasteiger partial charge < -0.3 is 31.4 Å². The highest BCUT2D eigenvalue weighted by Gasteiger charge is 2.46. The SMILES string of the molecule is C[Si](C)(C)O[Si](C)(C)O[Si](C)(CCCOCC(O)CO)O[Si](C)(C)O[Si](C)(C)C. The van der Waals surface area contributed by atoms with E-state index in [1.54, 1.807) is 0 Å². The smallest absolute Gasteiger partial charge is 0.317 e. The molecule has 0 amide bonds. The summed E-state index contributed by atoms with van der Waals surface area (Å²) < 4.78 is 31.7. The third-order valence-corrected chi connectivity index (χ3v) is 20.9. The van der Waals surface area contributed by atoms with Gasteiger partial charge in [0.1, 0.15) is 6.10 Å². The summed E-state index contributed by atoms with van der Waals surface area (Å²) in [4.78, 5) is 0. The highest BCUT2D eigenvalue weighted by Crippen LogP contribution is 2.29. The van der Waals surface area contributed by atoms with Crippen LogP contribution in [0.4, 0.5) is 0 Å². The molecule has 0 fully saturated rings. The first-order valence-corrected chi connectivity index (χ1v) is 25.4. The zero-order valence-electron chi connectivity index (χ0n) is 20.5. The minimum Gasteiger partial charge on any atom is -0.437 e. The van der Waals surface area contributed by atoms with E-state index in [0.29, 0.717) is 6.61 Å². The molecule has 0 aliphatic rings. The Morgan fingerprint density at radius 1 is 0.690 bits per heavy atom. The molecule has 7 nitrogen and oxygen atoms in total. The Hall–Kier alpha value is 0.804. The number of aliphatic hydroxyl groups is 2. The Morgan fingerprint density at radius 2 is 1.10 bits per heavy atom. The first-order chi connectivity index (χ1) is 12.8. The molecule has 0 aliphatic heterocycles. The lowest BCUT2D eigenvalue weighted by molar-refractivity contribution is 0.00622. The Labute approximate surface area is 184 Å². The van der Waals surface area contributed by atoms with Crippen LogP contribution in [-0.4, -0.2) is 78.5 Å². The monoisotopic (exact) mass is 502 g/mol.